The third-order valence-corrected chi connectivity index (χ3v) is 8.29. The third kappa shape index (κ3) is 2.82. The summed E-state index contributed by atoms with van der Waals surface area (Å²) in [5, 5.41) is 2.57. The van der Waals surface area contributed by atoms with E-state index >= 15 is 0 Å². The largest absolute Gasteiger partial charge is 0.354 e. The Morgan fingerprint density at radius 3 is 1.76 bits per heavy atom. The van der Waals surface area contributed by atoms with Crippen LogP contribution in [-0.4, -0.2) is 4.98 Å². The number of fused-ring (bicyclic) bond motifs is 7. The zero-order valence-electron chi connectivity index (χ0n) is 20.9. The molecule has 1 nitrogen and oxygen atoms in total. The quantitative estimate of drug-likeness (QED) is 0.258. The molecule has 178 valence electrons. The molecule has 0 unspecified atom stereocenters. The Bertz CT molecular complexity index is 1910. The van der Waals surface area contributed by atoms with Gasteiger partial charge in [0.2, 0.25) is 0 Å². The Labute approximate surface area is 222 Å². The van der Waals surface area contributed by atoms with E-state index in [1.54, 1.807) is 0 Å². The molecule has 0 fully saturated rings. The Kier molecular flexibility index (Phi) is 4.50. The van der Waals surface area contributed by atoms with Crippen LogP contribution in [0.15, 0.2) is 146 Å². The minimum atomic E-state index is -0.386. The van der Waals surface area contributed by atoms with E-state index in [4.69, 9.17) is 0 Å². The molecule has 0 aliphatic heterocycles. The lowest BCUT2D eigenvalue weighted by Gasteiger charge is -2.33. The molecule has 6 aromatic carbocycles. The number of benzene rings is 6. The molecular weight excluding hydrogens is 458 g/mol. The summed E-state index contributed by atoms with van der Waals surface area (Å²) in [6, 6.07) is 53.1. The van der Waals surface area contributed by atoms with E-state index in [1.165, 1.54) is 66.3 Å². The zero-order chi connectivity index (χ0) is 25.1. The molecule has 38 heavy (non-hydrogen) atoms. The van der Waals surface area contributed by atoms with E-state index in [9.17, 15) is 0 Å². The standard InChI is InChI=1S/C37H25N/c1-4-12-25(13-5-1)26-20-22-33-30(24-26)36-34(38-33)23-21-32-35(36)29-18-10-11-19-31(29)37(32,27-14-6-2-7-15-27)28-16-8-3-9-17-28/h1-24,38H. The third-order valence-electron chi connectivity index (χ3n) is 8.29. The highest BCUT2D eigenvalue weighted by atomic mass is 14.7. The fourth-order valence-corrected chi connectivity index (χ4v) is 6.73. The summed E-state index contributed by atoms with van der Waals surface area (Å²) in [6.07, 6.45) is 0. The van der Waals surface area contributed by atoms with E-state index in [0.29, 0.717) is 0 Å². The van der Waals surface area contributed by atoms with Gasteiger partial charge in [-0.05, 0) is 62.7 Å². The van der Waals surface area contributed by atoms with Gasteiger partial charge in [-0.2, -0.15) is 0 Å². The van der Waals surface area contributed by atoms with Gasteiger partial charge in [-0.3, -0.25) is 0 Å². The van der Waals surface area contributed by atoms with Crippen LogP contribution in [0.2, 0.25) is 0 Å². The molecule has 1 heteroatoms. The first-order valence-corrected chi connectivity index (χ1v) is 13.2. The van der Waals surface area contributed by atoms with Crippen molar-refractivity contribution in [2.24, 2.45) is 0 Å². The Morgan fingerprint density at radius 2 is 1.05 bits per heavy atom. The second-order valence-corrected chi connectivity index (χ2v) is 10.2. The summed E-state index contributed by atoms with van der Waals surface area (Å²) in [5.74, 6) is 0. The molecule has 0 radical (unpaired) electrons. The fraction of sp³-hybridized carbons (Fsp3) is 0.0270. The number of hydrogen-bond acceptors (Lipinski definition) is 0. The number of H-pyrrole nitrogens is 1. The number of rotatable bonds is 3. The summed E-state index contributed by atoms with van der Waals surface area (Å²) in [6.45, 7) is 0. The first-order valence-electron chi connectivity index (χ1n) is 13.2. The fourth-order valence-electron chi connectivity index (χ4n) is 6.73. The molecule has 1 aliphatic rings. The molecule has 1 aromatic heterocycles. The molecule has 1 aliphatic carbocycles. The lowest BCUT2D eigenvalue weighted by atomic mass is 9.67. The van der Waals surface area contributed by atoms with Crippen molar-refractivity contribution in [1.29, 1.82) is 0 Å². The van der Waals surface area contributed by atoms with Gasteiger partial charge in [0.15, 0.2) is 0 Å². The minimum Gasteiger partial charge on any atom is -0.354 e. The van der Waals surface area contributed by atoms with Crippen LogP contribution in [0.25, 0.3) is 44.1 Å². The SMILES string of the molecule is c1ccc(-c2ccc3[nH]c4ccc5c(c4c3c2)-c2ccccc2C5(c2ccccc2)c2ccccc2)cc1. The Morgan fingerprint density at radius 1 is 0.447 bits per heavy atom. The highest BCUT2D eigenvalue weighted by molar-refractivity contribution is 6.17. The van der Waals surface area contributed by atoms with Crippen molar-refractivity contribution in [1.82, 2.24) is 4.98 Å². The molecule has 0 saturated heterocycles. The van der Waals surface area contributed by atoms with E-state index in [2.05, 4.69) is 151 Å². The van der Waals surface area contributed by atoms with Gasteiger partial charge < -0.3 is 4.98 Å². The Hall–Kier alpha value is -4.88. The van der Waals surface area contributed by atoms with Gasteiger partial charge in [-0.15, -0.1) is 0 Å². The van der Waals surface area contributed by atoms with Crippen LogP contribution in [0, 0.1) is 0 Å². The van der Waals surface area contributed by atoms with Crippen LogP contribution >= 0.6 is 0 Å². The van der Waals surface area contributed by atoms with Crippen molar-refractivity contribution in [3.05, 3.63) is 168 Å². The van der Waals surface area contributed by atoms with Crippen LogP contribution < -0.4 is 0 Å². The summed E-state index contributed by atoms with van der Waals surface area (Å²) < 4.78 is 0. The minimum absolute atomic E-state index is 0.386. The first kappa shape index (κ1) is 21.2. The molecule has 1 N–H and O–H groups in total. The topological polar surface area (TPSA) is 15.8 Å². The molecule has 0 bridgehead atoms. The van der Waals surface area contributed by atoms with Crippen molar-refractivity contribution in [2.75, 3.05) is 0 Å². The van der Waals surface area contributed by atoms with Gasteiger partial charge in [0.05, 0.1) is 5.41 Å². The molecule has 0 atom stereocenters. The molecule has 0 saturated carbocycles. The van der Waals surface area contributed by atoms with E-state index in [-0.39, 0.29) is 5.41 Å². The maximum absolute atomic E-state index is 3.72. The van der Waals surface area contributed by atoms with Crippen LogP contribution in [0.4, 0.5) is 0 Å². The molecule has 0 spiro atoms. The highest BCUT2D eigenvalue weighted by Gasteiger charge is 2.46. The van der Waals surface area contributed by atoms with Crippen molar-refractivity contribution < 1.29 is 0 Å². The van der Waals surface area contributed by atoms with Crippen molar-refractivity contribution in [3.8, 4) is 22.3 Å². The van der Waals surface area contributed by atoms with Crippen LogP contribution in [0.3, 0.4) is 0 Å². The predicted molar refractivity (Wildman–Crippen MR) is 159 cm³/mol. The number of hydrogen-bond donors (Lipinski definition) is 1. The second-order valence-electron chi connectivity index (χ2n) is 10.2. The average Bonchev–Trinajstić information content (AvgIpc) is 3.52. The molecular formula is C37H25N. The molecule has 7 aromatic rings. The molecule has 8 rings (SSSR count). The average molecular weight is 484 g/mol. The van der Waals surface area contributed by atoms with E-state index in [1.807, 2.05) is 0 Å². The van der Waals surface area contributed by atoms with E-state index < -0.39 is 0 Å². The van der Waals surface area contributed by atoms with Crippen LogP contribution in [0.5, 0.6) is 0 Å². The smallest absolute Gasteiger partial charge is 0.0713 e. The summed E-state index contributed by atoms with van der Waals surface area (Å²) in [7, 11) is 0. The van der Waals surface area contributed by atoms with Gasteiger partial charge >= 0.3 is 0 Å². The van der Waals surface area contributed by atoms with Crippen LogP contribution in [0.1, 0.15) is 22.3 Å². The summed E-state index contributed by atoms with van der Waals surface area (Å²) >= 11 is 0. The maximum Gasteiger partial charge on any atom is 0.0713 e. The second kappa shape index (κ2) is 8.06. The van der Waals surface area contributed by atoms with Gasteiger partial charge in [0.25, 0.3) is 0 Å². The van der Waals surface area contributed by atoms with Crippen molar-refractivity contribution >= 4 is 21.8 Å². The number of nitrogens with one attached hydrogen (secondary N) is 1. The lowest BCUT2D eigenvalue weighted by molar-refractivity contribution is 0.769. The van der Waals surface area contributed by atoms with Gasteiger partial charge in [0, 0.05) is 21.8 Å². The summed E-state index contributed by atoms with van der Waals surface area (Å²) in [5.41, 5.74) is 12.3. The van der Waals surface area contributed by atoms with E-state index in [0.717, 1.165) is 0 Å². The van der Waals surface area contributed by atoms with Gasteiger partial charge in [0.1, 0.15) is 0 Å². The highest BCUT2D eigenvalue weighted by Crippen LogP contribution is 2.58. The van der Waals surface area contributed by atoms with Crippen LogP contribution in [-0.2, 0) is 5.41 Å². The molecule has 1 heterocycles. The van der Waals surface area contributed by atoms with Crippen molar-refractivity contribution in [3.63, 3.8) is 0 Å². The van der Waals surface area contributed by atoms with Crippen molar-refractivity contribution in [2.45, 2.75) is 5.41 Å². The van der Waals surface area contributed by atoms with Gasteiger partial charge in [-0.25, -0.2) is 0 Å². The lowest BCUT2D eigenvalue weighted by Crippen LogP contribution is -2.28. The number of aromatic amines is 1. The predicted octanol–water partition coefficient (Wildman–Crippen LogP) is 9.35. The first-order chi connectivity index (χ1) is 18.9. The maximum atomic E-state index is 3.72. The summed E-state index contributed by atoms with van der Waals surface area (Å²) in [4.78, 5) is 3.72. The monoisotopic (exact) mass is 483 g/mol. The normalized spacial score (nSPS) is 13.5. The molecule has 0 amide bonds. The van der Waals surface area contributed by atoms with Gasteiger partial charge in [-0.1, -0.05) is 127 Å². The number of aromatic nitrogens is 1. The zero-order valence-corrected chi connectivity index (χ0v) is 20.9. The Balaban J connectivity index is 1.53.